The third kappa shape index (κ3) is 5.30. The SMILES string of the molecule is CC(N)(CO)CCCSc1ccc(Br)cn1. The fourth-order valence-electron chi connectivity index (χ4n) is 1.18. The van der Waals surface area contributed by atoms with Crippen LogP contribution in [0.5, 0.6) is 0 Å². The van der Waals surface area contributed by atoms with E-state index in [4.69, 9.17) is 10.8 Å². The minimum absolute atomic E-state index is 0.0359. The maximum atomic E-state index is 8.99. The largest absolute Gasteiger partial charge is 0.394 e. The molecule has 0 aliphatic carbocycles. The quantitative estimate of drug-likeness (QED) is 0.626. The molecule has 0 aliphatic rings. The van der Waals surface area contributed by atoms with E-state index in [1.165, 1.54) is 0 Å². The van der Waals surface area contributed by atoms with Crippen molar-refractivity contribution in [3.63, 3.8) is 0 Å². The highest BCUT2D eigenvalue weighted by Crippen LogP contribution is 2.20. The fourth-order valence-corrected chi connectivity index (χ4v) is 2.20. The molecule has 5 heteroatoms. The summed E-state index contributed by atoms with van der Waals surface area (Å²) in [6.07, 6.45) is 3.60. The molecule has 90 valence electrons. The summed E-state index contributed by atoms with van der Waals surface area (Å²) in [6, 6.07) is 3.97. The van der Waals surface area contributed by atoms with Crippen molar-refractivity contribution in [1.29, 1.82) is 0 Å². The molecule has 3 N–H and O–H groups in total. The van der Waals surface area contributed by atoms with Crippen LogP contribution in [-0.2, 0) is 0 Å². The van der Waals surface area contributed by atoms with Crippen molar-refractivity contribution in [3.05, 3.63) is 22.8 Å². The van der Waals surface area contributed by atoms with E-state index in [0.717, 1.165) is 28.1 Å². The zero-order valence-corrected chi connectivity index (χ0v) is 11.7. The first-order valence-corrected chi connectivity index (χ1v) is 6.95. The van der Waals surface area contributed by atoms with Gasteiger partial charge in [0.1, 0.15) is 0 Å². The third-order valence-corrected chi connectivity index (χ3v) is 3.70. The highest BCUT2D eigenvalue weighted by molar-refractivity contribution is 9.10. The molecule has 1 heterocycles. The number of aromatic nitrogens is 1. The van der Waals surface area contributed by atoms with Crippen molar-refractivity contribution in [1.82, 2.24) is 4.98 Å². The van der Waals surface area contributed by atoms with E-state index < -0.39 is 5.54 Å². The lowest BCUT2D eigenvalue weighted by Crippen LogP contribution is -2.40. The summed E-state index contributed by atoms with van der Waals surface area (Å²) in [7, 11) is 0. The average molecular weight is 305 g/mol. The van der Waals surface area contributed by atoms with Gasteiger partial charge in [-0.3, -0.25) is 0 Å². The number of halogens is 1. The molecule has 0 amide bonds. The lowest BCUT2D eigenvalue weighted by atomic mass is 9.99. The number of pyridine rings is 1. The van der Waals surface area contributed by atoms with Gasteiger partial charge in [-0.2, -0.15) is 0 Å². The van der Waals surface area contributed by atoms with Crippen LogP contribution >= 0.6 is 27.7 Å². The number of nitrogens with zero attached hydrogens (tertiary/aromatic N) is 1. The van der Waals surface area contributed by atoms with Crippen molar-refractivity contribution in [2.45, 2.75) is 30.3 Å². The number of rotatable bonds is 6. The van der Waals surface area contributed by atoms with Crippen LogP contribution < -0.4 is 5.73 Å². The zero-order chi connectivity index (χ0) is 12.0. The van der Waals surface area contributed by atoms with Gasteiger partial charge in [0.15, 0.2) is 0 Å². The normalized spacial score (nSPS) is 14.8. The monoisotopic (exact) mass is 304 g/mol. The van der Waals surface area contributed by atoms with Gasteiger partial charge in [0.2, 0.25) is 0 Å². The molecule has 0 bridgehead atoms. The topological polar surface area (TPSA) is 59.1 Å². The van der Waals surface area contributed by atoms with Crippen LogP contribution in [0, 0.1) is 0 Å². The molecule has 0 radical (unpaired) electrons. The Balaban J connectivity index is 2.23. The number of hydrogen-bond acceptors (Lipinski definition) is 4. The summed E-state index contributed by atoms with van der Waals surface area (Å²) in [6.45, 7) is 1.91. The highest BCUT2D eigenvalue weighted by atomic mass is 79.9. The number of hydrogen-bond donors (Lipinski definition) is 2. The summed E-state index contributed by atoms with van der Waals surface area (Å²) >= 11 is 5.06. The molecule has 16 heavy (non-hydrogen) atoms. The van der Waals surface area contributed by atoms with Crippen molar-refractivity contribution < 1.29 is 5.11 Å². The van der Waals surface area contributed by atoms with E-state index in [1.54, 1.807) is 18.0 Å². The van der Waals surface area contributed by atoms with Gasteiger partial charge in [0.05, 0.1) is 11.6 Å². The minimum atomic E-state index is -0.451. The van der Waals surface area contributed by atoms with Crippen LogP contribution in [0.1, 0.15) is 19.8 Å². The molecule has 1 rings (SSSR count). The molecule has 1 atom stereocenters. The van der Waals surface area contributed by atoms with Gasteiger partial charge in [0.25, 0.3) is 0 Å². The Labute approximate surface area is 109 Å². The van der Waals surface area contributed by atoms with E-state index in [1.807, 2.05) is 19.1 Å². The smallest absolute Gasteiger partial charge is 0.0960 e. The summed E-state index contributed by atoms with van der Waals surface area (Å²) in [4.78, 5) is 4.27. The van der Waals surface area contributed by atoms with E-state index in [9.17, 15) is 0 Å². The molecule has 0 saturated carbocycles. The fraction of sp³-hybridized carbons (Fsp3) is 0.545. The van der Waals surface area contributed by atoms with Crippen LogP contribution in [-0.4, -0.2) is 28.0 Å². The Morgan fingerprint density at radius 2 is 2.31 bits per heavy atom. The van der Waals surface area contributed by atoms with Crippen LogP contribution in [0.3, 0.4) is 0 Å². The molecule has 0 fully saturated rings. The average Bonchev–Trinajstić information content (AvgIpc) is 2.27. The van der Waals surface area contributed by atoms with Crippen molar-refractivity contribution in [2.75, 3.05) is 12.4 Å². The molecule has 3 nitrogen and oxygen atoms in total. The maximum Gasteiger partial charge on any atom is 0.0960 e. The Morgan fingerprint density at radius 3 is 2.88 bits per heavy atom. The van der Waals surface area contributed by atoms with E-state index >= 15 is 0 Å². The van der Waals surface area contributed by atoms with Gasteiger partial charge in [0, 0.05) is 16.2 Å². The molecule has 1 aromatic heterocycles. The molecular weight excluding hydrogens is 288 g/mol. The maximum absolute atomic E-state index is 8.99. The van der Waals surface area contributed by atoms with Crippen LogP contribution in [0.15, 0.2) is 27.8 Å². The molecule has 0 spiro atoms. The second-order valence-electron chi connectivity index (χ2n) is 4.08. The Morgan fingerprint density at radius 1 is 1.56 bits per heavy atom. The second-order valence-corrected chi connectivity index (χ2v) is 6.11. The van der Waals surface area contributed by atoms with E-state index in [0.29, 0.717) is 0 Å². The molecule has 0 aromatic carbocycles. The number of aliphatic hydroxyl groups excluding tert-OH is 1. The standard InChI is InChI=1S/C11H17BrN2OS/c1-11(13,8-15)5-2-6-16-10-4-3-9(12)7-14-10/h3-4,7,15H,2,5-6,8,13H2,1H3. The third-order valence-electron chi connectivity index (χ3n) is 2.20. The van der Waals surface area contributed by atoms with Gasteiger partial charge in [-0.05, 0) is 53.6 Å². The van der Waals surface area contributed by atoms with E-state index in [2.05, 4.69) is 20.9 Å². The zero-order valence-electron chi connectivity index (χ0n) is 9.32. The lowest BCUT2D eigenvalue weighted by molar-refractivity contribution is 0.200. The lowest BCUT2D eigenvalue weighted by Gasteiger charge is -2.20. The number of nitrogens with two attached hydrogens (primary N) is 1. The van der Waals surface area contributed by atoms with Crippen molar-refractivity contribution >= 4 is 27.7 Å². The van der Waals surface area contributed by atoms with Crippen LogP contribution in [0.25, 0.3) is 0 Å². The van der Waals surface area contributed by atoms with Gasteiger partial charge >= 0.3 is 0 Å². The second kappa shape index (κ2) is 6.59. The van der Waals surface area contributed by atoms with E-state index in [-0.39, 0.29) is 6.61 Å². The summed E-state index contributed by atoms with van der Waals surface area (Å²) in [5, 5.41) is 10.0. The summed E-state index contributed by atoms with van der Waals surface area (Å²) in [5.74, 6) is 0.974. The van der Waals surface area contributed by atoms with Crippen molar-refractivity contribution in [3.8, 4) is 0 Å². The first-order valence-electron chi connectivity index (χ1n) is 5.17. The molecule has 1 unspecified atom stereocenters. The Hall–Kier alpha value is -0.100. The predicted molar refractivity (Wildman–Crippen MR) is 71.6 cm³/mol. The summed E-state index contributed by atoms with van der Waals surface area (Å²) in [5.41, 5.74) is 5.38. The first-order chi connectivity index (χ1) is 7.53. The highest BCUT2D eigenvalue weighted by Gasteiger charge is 2.15. The van der Waals surface area contributed by atoms with Gasteiger partial charge in [-0.15, -0.1) is 11.8 Å². The summed E-state index contributed by atoms with van der Waals surface area (Å²) < 4.78 is 0.992. The molecular formula is C11H17BrN2OS. The van der Waals surface area contributed by atoms with Gasteiger partial charge < -0.3 is 10.8 Å². The molecule has 1 aromatic rings. The Kier molecular flexibility index (Phi) is 5.75. The molecule has 0 aliphatic heterocycles. The number of aliphatic hydroxyl groups is 1. The Bertz CT molecular complexity index is 316. The van der Waals surface area contributed by atoms with Gasteiger partial charge in [-0.1, -0.05) is 0 Å². The molecule has 0 saturated heterocycles. The van der Waals surface area contributed by atoms with Crippen LogP contribution in [0.2, 0.25) is 0 Å². The predicted octanol–water partition coefficient (Wildman–Crippen LogP) is 2.43. The van der Waals surface area contributed by atoms with Gasteiger partial charge in [-0.25, -0.2) is 4.98 Å². The minimum Gasteiger partial charge on any atom is -0.394 e. The number of thioether (sulfide) groups is 1. The van der Waals surface area contributed by atoms with Crippen LogP contribution in [0.4, 0.5) is 0 Å². The van der Waals surface area contributed by atoms with Crippen molar-refractivity contribution in [2.24, 2.45) is 5.73 Å². The first kappa shape index (κ1) is 14.0.